The molecule has 4 nitrogen and oxygen atoms in total. The number of ether oxygens (including phenoxy) is 3. The van der Waals surface area contributed by atoms with Gasteiger partial charge in [-0.2, -0.15) is 0 Å². The van der Waals surface area contributed by atoms with Crippen molar-refractivity contribution >= 4 is 35.1 Å². The lowest BCUT2D eigenvalue weighted by molar-refractivity contribution is 0.101. The van der Waals surface area contributed by atoms with Gasteiger partial charge in [0.2, 0.25) is 5.78 Å². The van der Waals surface area contributed by atoms with Crippen molar-refractivity contribution in [2.24, 2.45) is 0 Å². The summed E-state index contributed by atoms with van der Waals surface area (Å²) in [5, 5.41) is 1.08. The lowest BCUT2D eigenvalue weighted by Crippen LogP contribution is -1.98. The normalized spacial score (nSPS) is 13.8. The highest BCUT2D eigenvalue weighted by atomic mass is 35.5. The molecule has 0 N–H and O–H groups in total. The number of Topliss-reactive ketones (excluding diaryl/α,β-unsaturated/α-hetero) is 1. The maximum atomic E-state index is 12.7. The van der Waals surface area contributed by atoms with Crippen molar-refractivity contribution < 1.29 is 19.0 Å². The van der Waals surface area contributed by atoms with Gasteiger partial charge in [-0.3, -0.25) is 4.79 Å². The van der Waals surface area contributed by atoms with Gasteiger partial charge in [-0.1, -0.05) is 41.4 Å². The van der Waals surface area contributed by atoms with Gasteiger partial charge in [-0.05, 0) is 55.0 Å². The monoisotopic (exact) mass is 440 g/mol. The molecule has 0 spiro atoms. The van der Waals surface area contributed by atoms with E-state index in [-0.39, 0.29) is 18.1 Å². The molecule has 0 aliphatic carbocycles. The fourth-order valence-electron chi connectivity index (χ4n) is 3.06. The average molecular weight is 441 g/mol. The van der Waals surface area contributed by atoms with Gasteiger partial charge >= 0.3 is 0 Å². The molecule has 1 aliphatic rings. The molecule has 0 bridgehead atoms. The summed E-state index contributed by atoms with van der Waals surface area (Å²) in [6.07, 6.45) is 1.71. The van der Waals surface area contributed by atoms with Crippen LogP contribution < -0.4 is 14.2 Å². The predicted octanol–water partition coefficient (Wildman–Crippen LogP) is 6.59. The minimum Gasteiger partial charge on any atom is -0.494 e. The van der Waals surface area contributed by atoms with Gasteiger partial charge in [0.1, 0.15) is 23.9 Å². The highest BCUT2D eigenvalue weighted by Gasteiger charge is 2.27. The van der Waals surface area contributed by atoms with Crippen LogP contribution >= 0.6 is 23.2 Å². The van der Waals surface area contributed by atoms with Crippen LogP contribution in [0.1, 0.15) is 28.4 Å². The van der Waals surface area contributed by atoms with Gasteiger partial charge < -0.3 is 14.2 Å². The molecule has 0 saturated carbocycles. The molecule has 30 heavy (non-hydrogen) atoms. The maximum Gasteiger partial charge on any atom is 0.231 e. The molecule has 0 unspecified atom stereocenters. The summed E-state index contributed by atoms with van der Waals surface area (Å²) in [6.45, 7) is 2.74. The van der Waals surface area contributed by atoms with Crippen molar-refractivity contribution in [3.05, 3.63) is 93.2 Å². The molecule has 1 aliphatic heterocycles. The molecule has 0 aromatic heterocycles. The topological polar surface area (TPSA) is 44.8 Å². The molecule has 152 valence electrons. The van der Waals surface area contributed by atoms with Crippen LogP contribution in [-0.2, 0) is 6.61 Å². The van der Waals surface area contributed by atoms with E-state index in [1.165, 1.54) is 0 Å². The molecule has 3 aromatic rings. The molecule has 1 heterocycles. The van der Waals surface area contributed by atoms with Crippen LogP contribution in [0, 0.1) is 0 Å². The van der Waals surface area contributed by atoms with Gasteiger partial charge in [0.05, 0.1) is 12.2 Å². The second-order valence-electron chi connectivity index (χ2n) is 6.59. The summed E-state index contributed by atoms with van der Waals surface area (Å²) in [7, 11) is 0. The van der Waals surface area contributed by atoms with Crippen LogP contribution in [0.25, 0.3) is 6.08 Å². The van der Waals surface area contributed by atoms with E-state index in [4.69, 9.17) is 37.4 Å². The van der Waals surface area contributed by atoms with Crippen LogP contribution in [0.15, 0.2) is 66.4 Å². The predicted molar refractivity (Wildman–Crippen MR) is 118 cm³/mol. The lowest BCUT2D eigenvalue weighted by Gasteiger charge is -2.10. The van der Waals surface area contributed by atoms with Crippen molar-refractivity contribution in [2.45, 2.75) is 13.5 Å². The van der Waals surface area contributed by atoms with Crippen molar-refractivity contribution in [3.63, 3.8) is 0 Å². The molecule has 0 saturated heterocycles. The summed E-state index contributed by atoms with van der Waals surface area (Å²) in [5.74, 6) is 1.89. The van der Waals surface area contributed by atoms with Gasteiger partial charge in [0.25, 0.3) is 0 Å². The van der Waals surface area contributed by atoms with Crippen LogP contribution in [0.3, 0.4) is 0 Å². The van der Waals surface area contributed by atoms with E-state index in [9.17, 15) is 4.79 Å². The first-order valence-electron chi connectivity index (χ1n) is 9.42. The number of carbonyl (C=O) groups is 1. The number of fused-ring (bicyclic) bond motifs is 1. The number of hydrogen-bond acceptors (Lipinski definition) is 4. The SMILES string of the molecule is CCOc1ccc(/C=C2\Oc3cc(OCc4c(Cl)cccc4Cl)ccc3C2=O)cc1. The quantitative estimate of drug-likeness (QED) is 0.405. The number of allylic oxidation sites excluding steroid dienone is 1. The zero-order chi connectivity index (χ0) is 21.1. The van der Waals surface area contributed by atoms with Crippen molar-refractivity contribution in [1.29, 1.82) is 0 Å². The van der Waals surface area contributed by atoms with E-state index in [1.54, 1.807) is 42.5 Å². The third kappa shape index (κ3) is 4.30. The van der Waals surface area contributed by atoms with Gasteiger partial charge in [-0.25, -0.2) is 0 Å². The Bertz CT molecular complexity index is 1100. The molecular weight excluding hydrogens is 423 g/mol. The fourth-order valence-corrected chi connectivity index (χ4v) is 3.57. The largest absolute Gasteiger partial charge is 0.494 e. The summed E-state index contributed by atoms with van der Waals surface area (Å²) in [5.41, 5.74) is 2.05. The smallest absolute Gasteiger partial charge is 0.231 e. The maximum absolute atomic E-state index is 12.7. The zero-order valence-corrected chi connectivity index (χ0v) is 17.7. The Morgan fingerprint density at radius 3 is 2.33 bits per heavy atom. The first kappa shape index (κ1) is 20.3. The number of ketones is 1. The molecule has 0 fully saturated rings. The van der Waals surface area contributed by atoms with Crippen LogP contribution in [0.2, 0.25) is 10.0 Å². The molecule has 6 heteroatoms. The number of hydrogen-bond donors (Lipinski definition) is 0. The van der Waals surface area contributed by atoms with Crippen molar-refractivity contribution in [2.75, 3.05) is 6.61 Å². The van der Waals surface area contributed by atoms with Crippen LogP contribution in [-0.4, -0.2) is 12.4 Å². The first-order chi connectivity index (χ1) is 14.5. The Labute approximate surface area is 184 Å². The van der Waals surface area contributed by atoms with Crippen molar-refractivity contribution in [1.82, 2.24) is 0 Å². The number of halogens is 2. The Kier molecular flexibility index (Phi) is 5.98. The summed E-state index contributed by atoms with van der Waals surface area (Å²) in [4.78, 5) is 12.7. The van der Waals surface area contributed by atoms with Gasteiger partial charge in [0.15, 0.2) is 5.76 Å². The average Bonchev–Trinajstić information content (AvgIpc) is 3.04. The van der Waals surface area contributed by atoms with E-state index in [1.807, 2.05) is 31.2 Å². The second kappa shape index (κ2) is 8.82. The molecular formula is C24H18Cl2O4. The van der Waals surface area contributed by atoms with Crippen LogP contribution in [0.4, 0.5) is 0 Å². The fraction of sp³-hybridized carbons (Fsp3) is 0.125. The zero-order valence-electron chi connectivity index (χ0n) is 16.2. The highest BCUT2D eigenvalue weighted by Crippen LogP contribution is 2.35. The number of benzene rings is 3. The molecule has 4 rings (SSSR count). The third-order valence-corrected chi connectivity index (χ3v) is 5.28. The Hall–Kier alpha value is -2.95. The van der Waals surface area contributed by atoms with E-state index in [2.05, 4.69) is 0 Å². The molecule has 0 atom stereocenters. The summed E-state index contributed by atoms with van der Waals surface area (Å²) < 4.78 is 17.0. The molecule has 0 amide bonds. The molecule has 3 aromatic carbocycles. The number of carbonyl (C=O) groups excluding carboxylic acids is 1. The Morgan fingerprint density at radius 2 is 1.63 bits per heavy atom. The summed E-state index contributed by atoms with van der Waals surface area (Å²) >= 11 is 12.4. The molecule has 0 radical (unpaired) electrons. The van der Waals surface area contributed by atoms with Gasteiger partial charge in [0, 0.05) is 21.7 Å². The van der Waals surface area contributed by atoms with Gasteiger partial charge in [-0.15, -0.1) is 0 Å². The minimum absolute atomic E-state index is 0.167. The lowest BCUT2D eigenvalue weighted by atomic mass is 10.1. The standard InChI is InChI=1S/C24H18Cl2O4/c1-2-28-16-8-6-15(7-9-16)12-23-24(27)18-11-10-17(13-22(18)30-23)29-14-19-20(25)4-3-5-21(19)26/h3-13H,2,14H2,1H3/b23-12-. The number of rotatable bonds is 6. The third-order valence-electron chi connectivity index (χ3n) is 4.58. The summed E-state index contributed by atoms with van der Waals surface area (Å²) in [6, 6.07) is 17.9. The highest BCUT2D eigenvalue weighted by molar-refractivity contribution is 6.35. The second-order valence-corrected chi connectivity index (χ2v) is 7.40. The minimum atomic E-state index is -0.167. The van der Waals surface area contributed by atoms with Crippen molar-refractivity contribution in [3.8, 4) is 17.2 Å². The Morgan fingerprint density at radius 1 is 0.933 bits per heavy atom. The van der Waals surface area contributed by atoms with E-state index in [0.29, 0.717) is 39.3 Å². The van der Waals surface area contributed by atoms with E-state index < -0.39 is 0 Å². The van der Waals surface area contributed by atoms with Crippen LogP contribution in [0.5, 0.6) is 17.2 Å². The van der Waals surface area contributed by atoms with E-state index in [0.717, 1.165) is 11.3 Å². The first-order valence-corrected chi connectivity index (χ1v) is 10.2. The Balaban J connectivity index is 1.49. The van der Waals surface area contributed by atoms with E-state index >= 15 is 0 Å².